The molecule has 6 nitrogen and oxygen atoms in total. The zero-order chi connectivity index (χ0) is 16.0. The van der Waals surface area contributed by atoms with E-state index in [9.17, 15) is 9.59 Å². The van der Waals surface area contributed by atoms with Crippen molar-refractivity contribution in [3.05, 3.63) is 29.8 Å². The Morgan fingerprint density at radius 2 is 1.81 bits per heavy atom. The number of carboxylic acids is 1. The summed E-state index contributed by atoms with van der Waals surface area (Å²) in [7, 11) is 1.36. The topological polar surface area (TPSA) is 84.9 Å². The van der Waals surface area contributed by atoms with Crippen LogP contribution < -0.4 is 5.32 Å². The molecule has 2 N–H and O–H groups in total. The number of carboxylic acid groups (broad SMARTS) is 1. The van der Waals surface area contributed by atoms with Crippen molar-refractivity contribution in [3.63, 3.8) is 0 Å². The molecule has 0 bridgehead atoms. The Kier molecular flexibility index (Phi) is 5.72. The maximum absolute atomic E-state index is 11.6. The summed E-state index contributed by atoms with van der Waals surface area (Å²) >= 11 is 0. The van der Waals surface area contributed by atoms with Gasteiger partial charge in [-0.2, -0.15) is 0 Å². The second-order valence-corrected chi connectivity index (χ2v) is 5.59. The number of ether oxygens (including phenoxy) is 2. The molecule has 0 saturated heterocycles. The van der Waals surface area contributed by atoms with E-state index < -0.39 is 23.8 Å². The van der Waals surface area contributed by atoms with E-state index in [0.717, 1.165) is 5.56 Å². The van der Waals surface area contributed by atoms with E-state index in [1.807, 2.05) is 0 Å². The molecule has 0 aliphatic heterocycles. The van der Waals surface area contributed by atoms with Gasteiger partial charge in [-0.3, -0.25) is 5.32 Å². The van der Waals surface area contributed by atoms with E-state index in [4.69, 9.17) is 14.6 Å². The van der Waals surface area contributed by atoms with Crippen LogP contribution in [0.25, 0.3) is 0 Å². The van der Waals surface area contributed by atoms with Crippen molar-refractivity contribution in [2.24, 2.45) is 0 Å². The standard InChI is InChI=1S/C15H21NO5/c1-15(2,3)21-14(19)16-11-7-5-10(6-8-11)9-12(20-4)13(17)18/h5-8,12H,9H2,1-4H3,(H,16,19)(H,17,18). The lowest BCUT2D eigenvalue weighted by atomic mass is 10.1. The minimum Gasteiger partial charge on any atom is -0.479 e. The molecule has 1 rings (SSSR count). The molecule has 1 unspecified atom stereocenters. The third kappa shape index (κ3) is 6.27. The maximum Gasteiger partial charge on any atom is 0.412 e. The highest BCUT2D eigenvalue weighted by molar-refractivity contribution is 5.84. The number of rotatable bonds is 5. The molecule has 0 aliphatic rings. The minimum atomic E-state index is -1.01. The predicted octanol–water partition coefficient (Wildman–Crippen LogP) is 2.68. The van der Waals surface area contributed by atoms with Gasteiger partial charge < -0.3 is 14.6 Å². The fourth-order valence-electron chi connectivity index (χ4n) is 1.63. The van der Waals surface area contributed by atoms with Gasteiger partial charge in [-0.15, -0.1) is 0 Å². The second-order valence-electron chi connectivity index (χ2n) is 5.59. The maximum atomic E-state index is 11.6. The van der Waals surface area contributed by atoms with E-state index in [0.29, 0.717) is 5.69 Å². The molecule has 21 heavy (non-hydrogen) atoms. The molecule has 0 aliphatic carbocycles. The Morgan fingerprint density at radius 3 is 2.24 bits per heavy atom. The van der Waals surface area contributed by atoms with Crippen LogP contribution in [0.3, 0.4) is 0 Å². The molecule has 1 atom stereocenters. The van der Waals surface area contributed by atoms with Gasteiger partial charge >= 0.3 is 12.1 Å². The van der Waals surface area contributed by atoms with Crippen LogP contribution in [0.1, 0.15) is 26.3 Å². The number of nitrogens with one attached hydrogen (secondary N) is 1. The lowest BCUT2D eigenvalue weighted by molar-refractivity contribution is -0.148. The zero-order valence-corrected chi connectivity index (χ0v) is 12.7. The summed E-state index contributed by atoms with van der Waals surface area (Å²) in [4.78, 5) is 22.5. The molecule has 1 aromatic rings. The van der Waals surface area contributed by atoms with Gasteiger partial charge in [0, 0.05) is 19.2 Å². The summed E-state index contributed by atoms with van der Waals surface area (Å²) in [5, 5.41) is 11.5. The number of carbonyl (C=O) groups excluding carboxylic acids is 1. The van der Waals surface area contributed by atoms with Gasteiger partial charge in [0.2, 0.25) is 0 Å². The van der Waals surface area contributed by atoms with Gasteiger partial charge in [-0.25, -0.2) is 9.59 Å². The second kappa shape index (κ2) is 7.08. The lowest BCUT2D eigenvalue weighted by Crippen LogP contribution is -2.27. The monoisotopic (exact) mass is 295 g/mol. The van der Waals surface area contributed by atoms with Gasteiger partial charge in [-0.1, -0.05) is 12.1 Å². The first kappa shape index (κ1) is 17.0. The molecule has 0 aromatic heterocycles. The largest absolute Gasteiger partial charge is 0.479 e. The summed E-state index contributed by atoms with van der Waals surface area (Å²) in [6, 6.07) is 6.85. The van der Waals surface area contributed by atoms with E-state index in [1.54, 1.807) is 45.0 Å². The van der Waals surface area contributed by atoms with Crippen molar-refractivity contribution in [2.75, 3.05) is 12.4 Å². The molecule has 1 amide bonds. The Hall–Kier alpha value is -2.08. The van der Waals surface area contributed by atoms with Crippen LogP contribution in [0.15, 0.2) is 24.3 Å². The van der Waals surface area contributed by atoms with Crippen LogP contribution in [0.2, 0.25) is 0 Å². The predicted molar refractivity (Wildman–Crippen MR) is 78.4 cm³/mol. The lowest BCUT2D eigenvalue weighted by Gasteiger charge is -2.19. The highest BCUT2D eigenvalue weighted by Crippen LogP contribution is 2.14. The van der Waals surface area contributed by atoms with Gasteiger partial charge in [0.1, 0.15) is 5.60 Å². The van der Waals surface area contributed by atoms with Crippen molar-refractivity contribution >= 4 is 17.7 Å². The molecule has 0 saturated carbocycles. The van der Waals surface area contributed by atoms with Crippen molar-refractivity contribution in [1.82, 2.24) is 0 Å². The number of benzene rings is 1. The van der Waals surface area contributed by atoms with Crippen LogP contribution in [0.4, 0.5) is 10.5 Å². The first-order valence-corrected chi connectivity index (χ1v) is 6.56. The number of hydrogen-bond donors (Lipinski definition) is 2. The first-order valence-electron chi connectivity index (χ1n) is 6.56. The van der Waals surface area contributed by atoms with Crippen LogP contribution in [0, 0.1) is 0 Å². The summed E-state index contributed by atoms with van der Waals surface area (Å²) in [6.07, 6.45) is -1.15. The van der Waals surface area contributed by atoms with Gasteiger partial charge in [0.25, 0.3) is 0 Å². The van der Waals surface area contributed by atoms with Crippen LogP contribution in [0.5, 0.6) is 0 Å². The number of aliphatic carboxylic acids is 1. The van der Waals surface area contributed by atoms with Crippen LogP contribution >= 0.6 is 0 Å². The van der Waals surface area contributed by atoms with Crippen molar-refractivity contribution < 1.29 is 24.2 Å². The Labute approximate surface area is 124 Å². The average Bonchev–Trinajstić information content (AvgIpc) is 2.35. The highest BCUT2D eigenvalue weighted by Gasteiger charge is 2.18. The van der Waals surface area contributed by atoms with Crippen molar-refractivity contribution in [3.8, 4) is 0 Å². The molecular formula is C15H21NO5. The Morgan fingerprint density at radius 1 is 1.24 bits per heavy atom. The molecule has 0 fully saturated rings. The molecule has 116 valence electrons. The smallest absolute Gasteiger partial charge is 0.412 e. The van der Waals surface area contributed by atoms with Crippen LogP contribution in [-0.2, 0) is 20.7 Å². The molecule has 1 aromatic carbocycles. The van der Waals surface area contributed by atoms with Crippen molar-refractivity contribution in [1.29, 1.82) is 0 Å². The Balaban J connectivity index is 2.62. The molecule has 0 radical (unpaired) electrons. The molecule has 6 heteroatoms. The normalized spacial score (nSPS) is 12.6. The number of hydrogen-bond acceptors (Lipinski definition) is 4. The van der Waals surface area contributed by atoms with E-state index in [1.165, 1.54) is 7.11 Å². The number of anilines is 1. The highest BCUT2D eigenvalue weighted by atomic mass is 16.6. The number of methoxy groups -OCH3 is 1. The third-order valence-electron chi connectivity index (χ3n) is 2.58. The van der Waals surface area contributed by atoms with E-state index in [2.05, 4.69) is 5.32 Å². The number of amides is 1. The molecule has 0 heterocycles. The summed E-state index contributed by atoms with van der Waals surface area (Å²) in [5.74, 6) is -1.01. The number of carbonyl (C=O) groups is 2. The SMILES string of the molecule is COC(Cc1ccc(NC(=O)OC(C)(C)C)cc1)C(=O)O. The summed E-state index contributed by atoms with van der Waals surface area (Å²) in [5.41, 5.74) is 0.827. The fraction of sp³-hybridized carbons (Fsp3) is 0.467. The summed E-state index contributed by atoms with van der Waals surface area (Å²) < 4.78 is 10.0. The minimum absolute atomic E-state index is 0.262. The average molecular weight is 295 g/mol. The third-order valence-corrected chi connectivity index (χ3v) is 2.58. The molecule has 0 spiro atoms. The molecular weight excluding hydrogens is 274 g/mol. The Bertz CT molecular complexity index is 490. The van der Waals surface area contributed by atoms with Crippen molar-refractivity contribution in [2.45, 2.75) is 38.9 Å². The first-order chi connectivity index (χ1) is 9.71. The summed E-state index contributed by atoms with van der Waals surface area (Å²) in [6.45, 7) is 5.35. The van der Waals surface area contributed by atoms with Crippen LogP contribution in [-0.4, -0.2) is 36.0 Å². The zero-order valence-electron chi connectivity index (χ0n) is 12.7. The van der Waals surface area contributed by atoms with E-state index in [-0.39, 0.29) is 6.42 Å². The van der Waals surface area contributed by atoms with Gasteiger partial charge in [0.05, 0.1) is 0 Å². The quantitative estimate of drug-likeness (QED) is 0.872. The van der Waals surface area contributed by atoms with Gasteiger partial charge in [0.15, 0.2) is 6.10 Å². The van der Waals surface area contributed by atoms with Gasteiger partial charge in [-0.05, 0) is 38.5 Å². The fourth-order valence-corrected chi connectivity index (χ4v) is 1.63. The van der Waals surface area contributed by atoms with E-state index >= 15 is 0 Å².